The van der Waals surface area contributed by atoms with E-state index in [0.29, 0.717) is 46.0 Å². The normalized spacial score (nSPS) is 14.9. The van der Waals surface area contributed by atoms with Crippen molar-refractivity contribution in [3.05, 3.63) is 89.5 Å². The number of hydrogen-bond donors (Lipinski definition) is 3. The third-order valence-corrected chi connectivity index (χ3v) is 7.69. The van der Waals surface area contributed by atoms with E-state index >= 15 is 0 Å². The van der Waals surface area contributed by atoms with E-state index in [2.05, 4.69) is 10.3 Å². The molecule has 0 aliphatic carbocycles. The first-order valence-corrected chi connectivity index (χ1v) is 13.0. The van der Waals surface area contributed by atoms with Gasteiger partial charge in [-0.3, -0.25) is 9.59 Å². The van der Waals surface area contributed by atoms with Crippen LogP contribution in [-0.4, -0.2) is 34.3 Å². The Balaban J connectivity index is 1.19. The minimum absolute atomic E-state index is 0.0372. The molecule has 7 rings (SSSR count). The Hall–Kier alpha value is -4.69. The SMILES string of the molecule is Cc1coc2c(O)cc3c(c12)[C@H](CCl)CN3C(=O)c1cc2cc(NC(=O)c3cc4ccccc4[nH]3)ccc2o1. The van der Waals surface area contributed by atoms with Crippen LogP contribution in [0.3, 0.4) is 0 Å². The molecule has 1 aliphatic heterocycles. The summed E-state index contributed by atoms with van der Waals surface area (Å²) in [5.74, 6) is -0.323. The van der Waals surface area contributed by atoms with Crippen LogP contribution < -0.4 is 10.2 Å². The van der Waals surface area contributed by atoms with Crippen LogP contribution in [0.2, 0.25) is 0 Å². The summed E-state index contributed by atoms with van der Waals surface area (Å²) in [6.07, 6.45) is 1.59. The number of hydrogen-bond acceptors (Lipinski definition) is 5. The van der Waals surface area contributed by atoms with Crippen molar-refractivity contribution in [3.63, 3.8) is 0 Å². The number of aromatic amines is 1. The van der Waals surface area contributed by atoms with E-state index < -0.39 is 0 Å². The molecule has 0 saturated heterocycles. The van der Waals surface area contributed by atoms with Gasteiger partial charge in [-0.1, -0.05) is 18.2 Å². The molecule has 0 spiro atoms. The van der Waals surface area contributed by atoms with Crippen molar-refractivity contribution in [1.29, 1.82) is 0 Å². The number of carbonyl (C=O) groups excluding carboxylic acids is 2. The van der Waals surface area contributed by atoms with Crippen molar-refractivity contribution in [2.45, 2.75) is 12.8 Å². The molecular weight excluding hydrogens is 518 g/mol. The summed E-state index contributed by atoms with van der Waals surface area (Å²) in [6.45, 7) is 2.25. The summed E-state index contributed by atoms with van der Waals surface area (Å²) in [7, 11) is 0. The molecule has 8 nitrogen and oxygen atoms in total. The molecule has 0 saturated carbocycles. The third-order valence-electron chi connectivity index (χ3n) is 7.32. The molecule has 3 N–H and O–H groups in total. The van der Waals surface area contributed by atoms with Crippen molar-refractivity contribution in [3.8, 4) is 5.75 Å². The minimum atomic E-state index is -0.344. The lowest BCUT2D eigenvalue weighted by Gasteiger charge is -2.16. The fourth-order valence-corrected chi connectivity index (χ4v) is 5.74. The highest BCUT2D eigenvalue weighted by molar-refractivity contribution is 6.19. The number of halogens is 1. The summed E-state index contributed by atoms with van der Waals surface area (Å²) in [4.78, 5) is 31.2. The maximum atomic E-state index is 13.7. The summed E-state index contributed by atoms with van der Waals surface area (Å²) in [5, 5.41) is 15.9. The van der Waals surface area contributed by atoms with Gasteiger partial charge in [0, 0.05) is 51.8 Å². The highest BCUT2D eigenvalue weighted by atomic mass is 35.5. The second kappa shape index (κ2) is 8.68. The summed E-state index contributed by atoms with van der Waals surface area (Å²) in [6, 6.07) is 17.9. The number of alkyl halides is 1. The van der Waals surface area contributed by atoms with E-state index in [1.807, 2.05) is 31.2 Å². The van der Waals surface area contributed by atoms with Gasteiger partial charge in [0.05, 0.1) is 12.0 Å². The molecule has 1 aliphatic rings. The van der Waals surface area contributed by atoms with E-state index in [-0.39, 0.29) is 29.2 Å². The van der Waals surface area contributed by atoms with Gasteiger partial charge in [0.1, 0.15) is 11.3 Å². The molecule has 194 valence electrons. The van der Waals surface area contributed by atoms with Crippen LogP contribution in [0.5, 0.6) is 5.75 Å². The summed E-state index contributed by atoms with van der Waals surface area (Å²) < 4.78 is 11.5. The molecule has 0 radical (unpaired) electrons. The lowest BCUT2D eigenvalue weighted by atomic mass is 9.97. The number of phenols is 1. The zero-order valence-corrected chi connectivity index (χ0v) is 21.5. The predicted molar refractivity (Wildman–Crippen MR) is 150 cm³/mol. The number of aromatic nitrogens is 1. The van der Waals surface area contributed by atoms with Gasteiger partial charge < -0.3 is 29.1 Å². The number of para-hydroxylation sites is 1. The van der Waals surface area contributed by atoms with Gasteiger partial charge in [-0.25, -0.2) is 0 Å². The van der Waals surface area contributed by atoms with Gasteiger partial charge in [0.15, 0.2) is 17.1 Å². The fourth-order valence-electron chi connectivity index (χ4n) is 5.49. The zero-order valence-electron chi connectivity index (χ0n) is 20.7. The Morgan fingerprint density at radius 3 is 2.79 bits per heavy atom. The van der Waals surface area contributed by atoms with Gasteiger partial charge in [-0.15, -0.1) is 11.6 Å². The monoisotopic (exact) mass is 539 g/mol. The molecule has 39 heavy (non-hydrogen) atoms. The van der Waals surface area contributed by atoms with Crippen LogP contribution in [0.25, 0.3) is 32.8 Å². The molecule has 3 aromatic carbocycles. The number of fused-ring (bicyclic) bond motifs is 5. The highest BCUT2D eigenvalue weighted by Gasteiger charge is 2.37. The number of benzene rings is 3. The maximum absolute atomic E-state index is 13.7. The molecule has 0 fully saturated rings. The van der Waals surface area contributed by atoms with E-state index in [0.717, 1.165) is 27.4 Å². The van der Waals surface area contributed by atoms with Crippen molar-refractivity contribution < 1.29 is 23.5 Å². The number of nitrogens with one attached hydrogen (secondary N) is 2. The average Bonchev–Trinajstić information content (AvgIpc) is 3.71. The first-order chi connectivity index (χ1) is 18.9. The molecule has 6 aromatic rings. The van der Waals surface area contributed by atoms with Crippen LogP contribution in [0.4, 0.5) is 11.4 Å². The summed E-state index contributed by atoms with van der Waals surface area (Å²) >= 11 is 6.31. The van der Waals surface area contributed by atoms with Crippen LogP contribution in [-0.2, 0) is 0 Å². The Morgan fingerprint density at radius 1 is 1.13 bits per heavy atom. The third kappa shape index (κ3) is 3.67. The number of phenolic OH excluding ortho intramolecular Hbond substituents is 1. The topological polar surface area (TPSA) is 112 Å². The van der Waals surface area contributed by atoms with Crippen LogP contribution in [0.15, 0.2) is 75.8 Å². The number of anilines is 2. The van der Waals surface area contributed by atoms with Gasteiger partial charge >= 0.3 is 0 Å². The number of aryl methyl sites for hydroxylation is 1. The number of H-pyrrole nitrogens is 1. The lowest BCUT2D eigenvalue weighted by Crippen LogP contribution is -2.29. The molecule has 1 atom stereocenters. The van der Waals surface area contributed by atoms with E-state index in [4.69, 9.17) is 20.4 Å². The zero-order chi connectivity index (χ0) is 26.8. The second-order valence-electron chi connectivity index (χ2n) is 9.81. The number of amides is 2. The number of aromatic hydroxyl groups is 1. The predicted octanol–water partition coefficient (Wildman–Crippen LogP) is 6.91. The fraction of sp³-hybridized carbons (Fsp3) is 0.133. The van der Waals surface area contributed by atoms with Crippen molar-refractivity contribution in [1.82, 2.24) is 4.98 Å². The molecule has 3 aromatic heterocycles. The number of carbonyl (C=O) groups is 2. The van der Waals surface area contributed by atoms with Crippen molar-refractivity contribution in [2.75, 3.05) is 22.6 Å². The quantitative estimate of drug-likeness (QED) is 0.211. The van der Waals surface area contributed by atoms with Gasteiger partial charge in [0.25, 0.3) is 11.8 Å². The number of furan rings is 2. The molecule has 2 amide bonds. The van der Waals surface area contributed by atoms with E-state index in [1.54, 1.807) is 47.6 Å². The van der Waals surface area contributed by atoms with E-state index in [9.17, 15) is 14.7 Å². The highest BCUT2D eigenvalue weighted by Crippen LogP contribution is 2.47. The average molecular weight is 540 g/mol. The van der Waals surface area contributed by atoms with Crippen molar-refractivity contribution >= 4 is 67.6 Å². The second-order valence-corrected chi connectivity index (χ2v) is 10.1. The molecule has 0 unspecified atom stereocenters. The van der Waals surface area contributed by atoms with Crippen LogP contribution in [0, 0.1) is 6.92 Å². The number of rotatable bonds is 4. The maximum Gasteiger partial charge on any atom is 0.294 e. The van der Waals surface area contributed by atoms with Gasteiger partial charge in [-0.05, 0) is 54.4 Å². The molecule has 9 heteroatoms. The smallest absolute Gasteiger partial charge is 0.294 e. The first kappa shape index (κ1) is 23.4. The number of nitrogens with zero attached hydrogens (tertiary/aromatic N) is 1. The van der Waals surface area contributed by atoms with Gasteiger partial charge in [0.2, 0.25) is 0 Å². The minimum Gasteiger partial charge on any atom is -0.504 e. The van der Waals surface area contributed by atoms with Crippen LogP contribution in [0.1, 0.15) is 38.1 Å². The molecule has 0 bridgehead atoms. The summed E-state index contributed by atoms with van der Waals surface area (Å²) in [5.41, 5.74) is 5.15. The Morgan fingerprint density at radius 2 is 1.97 bits per heavy atom. The molecular formula is C30H22ClN3O5. The van der Waals surface area contributed by atoms with Crippen LogP contribution >= 0.6 is 11.6 Å². The first-order valence-electron chi connectivity index (χ1n) is 12.5. The standard InChI is InChI=1S/C30H22ClN3O5/c1-15-14-38-28-23(35)11-22-27(26(15)28)18(12-31)13-34(22)30(37)25-10-17-8-19(6-7-24(17)39-25)32-29(36)21-9-16-4-2-3-5-20(16)33-21/h2-11,14,18,33,35H,12-13H2,1H3,(H,32,36)/t18-/m1/s1. The Kier molecular flexibility index (Phi) is 5.21. The molecule has 4 heterocycles. The lowest BCUT2D eigenvalue weighted by molar-refractivity contribution is 0.0963. The Bertz CT molecular complexity index is 1920. The van der Waals surface area contributed by atoms with E-state index in [1.165, 1.54) is 0 Å². The largest absolute Gasteiger partial charge is 0.504 e. The van der Waals surface area contributed by atoms with Gasteiger partial charge in [-0.2, -0.15) is 0 Å². The van der Waals surface area contributed by atoms with Crippen molar-refractivity contribution in [2.24, 2.45) is 0 Å². The Labute approximate surface area is 226 Å².